The quantitative estimate of drug-likeness (QED) is 0.196. The summed E-state index contributed by atoms with van der Waals surface area (Å²) >= 11 is 0. The summed E-state index contributed by atoms with van der Waals surface area (Å²) < 4.78 is 43.1. The van der Waals surface area contributed by atoms with Crippen LogP contribution in [-0.4, -0.2) is 26.7 Å². The third-order valence-electron chi connectivity index (χ3n) is 6.83. The number of carbonyl (C=O) groups is 1. The van der Waals surface area contributed by atoms with E-state index < -0.39 is 23.1 Å². The molecule has 0 atom stereocenters. The zero-order chi connectivity index (χ0) is 30.8. The summed E-state index contributed by atoms with van der Waals surface area (Å²) in [5.74, 6) is -1.70. The molecule has 0 saturated carbocycles. The highest BCUT2D eigenvalue weighted by Gasteiger charge is 2.21. The Bertz CT molecular complexity index is 2060. The largest absolute Gasteiger partial charge is 0.493 e. The molecule has 3 heterocycles. The van der Waals surface area contributed by atoms with Gasteiger partial charge in [0.2, 0.25) is 0 Å². The lowest BCUT2D eigenvalue weighted by Gasteiger charge is -2.14. The van der Waals surface area contributed by atoms with Crippen molar-refractivity contribution >= 4 is 22.8 Å². The minimum absolute atomic E-state index is 0.0552. The molecule has 44 heavy (non-hydrogen) atoms. The normalized spacial score (nSPS) is 11.0. The van der Waals surface area contributed by atoms with E-state index in [-0.39, 0.29) is 29.4 Å². The fourth-order valence-electron chi connectivity index (χ4n) is 4.78. The van der Waals surface area contributed by atoms with Crippen molar-refractivity contribution in [2.45, 2.75) is 6.92 Å². The molecule has 0 unspecified atom stereocenters. The van der Waals surface area contributed by atoms with Gasteiger partial charge in [0.15, 0.2) is 17.3 Å². The van der Waals surface area contributed by atoms with E-state index in [1.165, 1.54) is 59.4 Å². The van der Waals surface area contributed by atoms with Crippen molar-refractivity contribution in [3.05, 3.63) is 131 Å². The fourth-order valence-corrected chi connectivity index (χ4v) is 4.78. The first-order chi connectivity index (χ1) is 21.3. The number of nitrogens with zero attached hydrogens (tertiary/aromatic N) is 3. The van der Waals surface area contributed by atoms with Crippen molar-refractivity contribution in [3.63, 3.8) is 0 Å². The molecule has 3 N–H and O–H groups in total. The van der Waals surface area contributed by atoms with E-state index in [0.29, 0.717) is 22.6 Å². The van der Waals surface area contributed by atoms with Gasteiger partial charge < -0.3 is 20.5 Å². The van der Waals surface area contributed by atoms with Crippen LogP contribution in [0.3, 0.4) is 0 Å². The molecule has 0 saturated heterocycles. The van der Waals surface area contributed by atoms with E-state index in [2.05, 4.69) is 10.4 Å². The number of fused-ring (bicyclic) bond motifs is 1. The van der Waals surface area contributed by atoms with Crippen LogP contribution in [0.15, 0.2) is 108 Å². The molecule has 3 aromatic heterocycles. The highest BCUT2D eigenvalue weighted by atomic mass is 19.1. The van der Waals surface area contributed by atoms with E-state index in [4.69, 9.17) is 15.2 Å². The van der Waals surface area contributed by atoms with Crippen LogP contribution in [0.1, 0.15) is 17.3 Å². The van der Waals surface area contributed by atoms with Gasteiger partial charge in [-0.3, -0.25) is 14.2 Å². The molecule has 3 aromatic carbocycles. The van der Waals surface area contributed by atoms with Crippen LogP contribution in [0.5, 0.6) is 17.2 Å². The molecule has 6 rings (SSSR count). The monoisotopic (exact) mass is 593 g/mol. The molecule has 1 amide bonds. The number of nitrogen functional groups attached to an aromatic ring is 1. The lowest BCUT2D eigenvalue weighted by Crippen LogP contribution is -2.29. The molecule has 0 fully saturated rings. The number of pyridine rings is 1. The van der Waals surface area contributed by atoms with Gasteiger partial charge in [-0.1, -0.05) is 12.1 Å². The number of nitrogens with two attached hydrogens (primary N) is 1. The minimum atomic E-state index is -0.805. The van der Waals surface area contributed by atoms with E-state index in [9.17, 15) is 14.0 Å². The molecule has 0 aliphatic rings. The van der Waals surface area contributed by atoms with Gasteiger partial charge >= 0.3 is 0 Å². The van der Waals surface area contributed by atoms with Crippen LogP contribution in [-0.2, 0) is 0 Å². The number of aromatic nitrogens is 3. The number of benzene rings is 3. The number of nitrogens with one attached hydrogen (secondary N) is 1. The zero-order valence-electron chi connectivity index (χ0n) is 23.3. The average Bonchev–Trinajstić information content (AvgIpc) is 3.45. The number of hydrogen-bond donors (Lipinski definition) is 2. The topological polar surface area (TPSA) is 113 Å². The first-order valence-corrected chi connectivity index (χ1v) is 13.6. The molecule has 0 radical (unpaired) electrons. The molecule has 9 nitrogen and oxygen atoms in total. The maximum Gasteiger partial charge on any atom is 0.271 e. The highest BCUT2D eigenvalue weighted by Crippen LogP contribution is 2.35. The number of rotatable bonds is 8. The Kier molecular flexibility index (Phi) is 7.51. The first-order valence-electron chi connectivity index (χ1n) is 13.6. The summed E-state index contributed by atoms with van der Waals surface area (Å²) in [6.07, 6.45) is 4.74. The fraction of sp³-hybridized carbons (Fsp3) is 0.0606. The molecule has 220 valence electrons. The van der Waals surface area contributed by atoms with Gasteiger partial charge in [-0.2, -0.15) is 5.10 Å². The van der Waals surface area contributed by atoms with Gasteiger partial charge in [-0.15, -0.1) is 0 Å². The Balaban J connectivity index is 1.28. The van der Waals surface area contributed by atoms with Gasteiger partial charge in [-0.25, -0.2) is 13.3 Å². The maximum absolute atomic E-state index is 15.3. The van der Waals surface area contributed by atoms with Gasteiger partial charge in [0.25, 0.3) is 11.5 Å². The zero-order valence-corrected chi connectivity index (χ0v) is 23.3. The van der Waals surface area contributed by atoms with Crippen LogP contribution in [0, 0.1) is 11.6 Å². The van der Waals surface area contributed by atoms with Crippen LogP contribution < -0.4 is 26.1 Å². The standard InChI is InChI=1S/C33H25F2N5O4/c1-2-43-28-15-17-39(24-10-5-21(34)6-11-24)33(42)30(28)32(41)38-23-9-12-27(26(35)19-23)44-29-13-16-37-40-18-14-25(31(29)40)20-3-7-22(36)8-4-20/h3-19H,2,36H2,1H3,(H,38,41). The summed E-state index contributed by atoms with van der Waals surface area (Å²) in [6, 6.07) is 21.4. The van der Waals surface area contributed by atoms with Gasteiger partial charge in [-0.05, 0) is 73.2 Å². The minimum Gasteiger partial charge on any atom is -0.493 e. The summed E-state index contributed by atoms with van der Waals surface area (Å²) in [5, 5.41) is 6.88. The van der Waals surface area contributed by atoms with Gasteiger partial charge in [0.05, 0.1) is 12.8 Å². The van der Waals surface area contributed by atoms with Crippen molar-refractivity contribution in [1.82, 2.24) is 14.2 Å². The van der Waals surface area contributed by atoms with E-state index in [1.807, 2.05) is 18.2 Å². The Morgan fingerprint density at radius 1 is 0.909 bits per heavy atom. The maximum atomic E-state index is 15.3. The Labute approximate surface area is 249 Å². The lowest BCUT2D eigenvalue weighted by molar-refractivity contribution is 0.102. The molecular weight excluding hydrogens is 568 g/mol. The number of carbonyl (C=O) groups excluding carboxylic acids is 1. The second-order valence-corrected chi connectivity index (χ2v) is 9.68. The van der Waals surface area contributed by atoms with Crippen molar-refractivity contribution in [2.75, 3.05) is 17.7 Å². The summed E-state index contributed by atoms with van der Waals surface area (Å²) in [5.41, 5.74) is 8.24. The molecule has 0 aliphatic carbocycles. The van der Waals surface area contributed by atoms with Crippen molar-refractivity contribution in [3.8, 4) is 34.1 Å². The molecule has 0 aliphatic heterocycles. The Morgan fingerprint density at radius 3 is 2.41 bits per heavy atom. The van der Waals surface area contributed by atoms with Crippen molar-refractivity contribution in [1.29, 1.82) is 0 Å². The van der Waals surface area contributed by atoms with E-state index in [0.717, 1.165) is 17.2 Å². The molecule has 6 aromatic rings. The van der Waals surface area contributed by atoms with E-state index in [1.54, 1.807) is 35.8 Å². The molecule has 0 spiro atoms. The number of hydrogen-bond acceptors (Lipinski definition) is 6. The number of amides is 1. The second kappa shape index (κ2) is 11.7. The van der Waals surface area contributed by atoms with Crippen LogP contribution in [0.4, 0.5) is 20.2 Å². The molecule has 11 heteroatoms. The lowest BCUT2D eigenvalue weighted by atomic mass is 10.1. The van der Waals surface area contributed by atoms with Crippen LogP contribution in [0.2, 0.25) is 0 Å². The van der Waals surface area contributed by atoms with Gasteiger partial charge in [0, 0.05) is 47.2 Å². The smallest absolute Gasteiger partial charge is 0.271 e. The molecular formula is C33H25F2N5O4. The third kappa shape index (κ3) is 5.45. The third-order valence-corrected chi connectivity index (χ3v) is 6.83. The first kappa shape index (κ1) is 28.2. The predicted molar refractivity (Wildman–Crippen MR) is 163 cm³/mol. The van der Waals surface area contributed by atoms with E-state index >= 15 is 4.39 Å². The predicted octanol–water partition coefficient (Wildman–Crippen LogP) is 6.46. The highest BCUT2D eigenvalue weighted by molar-refractivity contribution is 6.06. The van der Waals surface area contributed by atoms with Crippen LogP contribution in [0.25, 0.3) is 22.3 Å². The Hall–Kier alpha value is -5.97. The Morgan fingerprint density at radius 2 is 1.68 bits per heavy atom. The van der Waals surface area contributed by atoms with Gasteiger partial charge in [0.1, 0.15) is 22.6 Å². The molecule has 0 bridgehead atoms. The van der Waals surface area contributed by atoms with Crippen molar-refractivity contribution < 1.29 is 23.0 Å². The average molecular weight is 594 g/mol. The van der Waals surface area contributed by atoms with Crippen LogP contribution >= 0.6 is 0 Å². The number of ether oxygens (including phenoxy) is 2. The number of halogens is 2. The summed E-state index contributed by atoms with van der Waals surface area (Å²) in [7, 11) is 0. The summed E-state index contributed by atoms with van der Waals surface area (Å²) in [4.78, 5) is 26.7. The summed E-state index contributed by atoms with van der Waals surface area (Å²) in [6.45, 7) is 1.91. The van der Waals surface area contributed by atoms with Crippen molar-refractivity contribution in [2.24, 2.45) is 0 Å². The number of anilines is 2. The SMILES string of the molecule is CCOc1ccn(-c2ccc(F)cc2)c(=O)c1C(=O)Nc1ccc(Oc2ccnn3ccc(-c4ccc(N)cc4)c23)c(F)c1. The second-order valence-electron chi connectivity index (χ2n) is 9.68.